The van der Waals surface area contributed by atoms with Crippen LogP contribution in [0.3, 0.4) is 0 Å². The van der Waals surface area contributed by atoms with Crippen LogP contribution in [-0.4, -0.2) is 32.0 Å². The summed E-state index contributed by atoms with van der Waals surface area (Å²) in [4.78, 5) is 0.0814. The third kappa shape index (κ3) is 3.38. The van der Waals surface area contributed by atoms with Crippen molar-refractivity contribution >= 4 is 10.0 Å². The molecule has 1 aliphatic rings. The molecule has 1 heterocycles. The summed E-state index contributed by atoms with van der Waals surface area (Å²) < 4.78 is 64.0. The third-order valence-electron chi connectivity index (χ3n) is 3.73. The fourth-order valence-electron chi connectivity index (χ4n) is 2.49. The molecule has 118 valence electrons. The normalized spacial score (nSPS) is 18.9. The van der Waals surface area contributed by atoms with Gasteiger partial charge in [-0.3, -0.25) is 0 Å². The molecular weight excluding hydrogens is 305 g/mol. The number of nitrogens with zero attached hydrogens (tertiary/aromatic N) is 1. The third-order valence-corrected chi connectivity index (χ3v) is 5.73. The number of benzene rings is 1. The highest BCUT2D eigenvalue weighted by Crippen LogP contribution is 2.35. The maximum absolute atomic E-state index is 12.6. The smallest absolute Gasteiger partial charge is 0.326 e. The Labute approximate surface area is 121 Å². The van der Waals surface area contributed by atoms with Crippen molar-refractivity contribution in [3.8, 4) is 0 Å². The zero-order chi connectivity index (χ0) is 15.7. The number of hydrogen-bond acceptors (Lipinski definition) is 3. The van der Waals surface area contributed by atoms with Gasteiger partial charge in [0.25, 0.3) is 0 Å². The highest BCUT2D eigenvalue weighted by molar-refractivity contribution is 7.89. The van der Waals surface area contributed by atoms with E-state index in [2.05, 4.69) is 0 Å². The summed E-state index contributed by atoms with van der Waals surface area (Å²) in [5.74, 6) is -1.42. The Morgan fingerprint density at radius 1 is 1.19 bits per heavy atom. The molecule has 0 aromatic heterocycles. The summed E-state index contributed by atoms with van der Waals surface area (Å²) in [5.41, 5.74) is 5.99. The predicted octanol–water partition coefficient (Wildman–Crippen LogP) is 2.11. The lowest BCUT2D eigenvalue weighted by Crippen LogP contribution is -2.42. The maximum Gasteiger partial charge on any atom is 0.391 e. The summed E-state index contributed by atoms with van der Waals surface area (Å²) in [6.45, 7) is -0.175. The summed E-state index contributed by atoms with van der Waals surface area (Å²) in [6.07, 6.45) is -4.66. The lowest BCUT2D eigenvalue weighted by molar-refractivity contribution is -0.182. The maximum atomic E-state index is 12.6. The molecule has 0 unspecified atom stereocenters. The zero-order valence-corrected chi connectivity index (χ0v) is 12.1. The van der Waals surface area contributed by atoms with Gasteiger partial charge in [0, 0.05) is 19.6 Å². The van der Waals surface area contributed by atoms with Gasteiger partial charge in [-0.05, 0) is 24.5 Å². The number of alkyl halides is 3. The van der Waals surface area contributed by atoms with Crippen LogP contribution in [0.15, 0.2) is 29.2 Å². The molecule has 0 aliphatic carbocycles. The molecule has 1 aromatic carbocycles. The Hall–Kier alpha value is -1.12. The Bertz CT molecular complexity index is 594. The van der Waals surface area contributed by atoms with E-state index in [0.29, 0.717) is 5.56 Å². The first-order valence-electron chi connectivity index (χ1n) is 6.61. The Morgan fingerprint density at radius 2 is 1.76 bits per heavy atom. The van der Waals surface area contributed by atoms with Crippen molar-refractivity contribution in [2.75, 3.05) is 13.1 Å². The first-order chi connectivity index (χ1) is 9.76. The molecule has 8 heteroatoms. The van der Waals surface area contributed by atoms with Crippen LogP contribution in [0.1, 0.15) is 18.4 Å². The van der Waals surface area contributed by atoms with Crippen LogP contribution in [0.5, 0.6) is 0 Å². The van der Waals surface area contributed by atoms with Crippen molar-refractivity contribution in [2.24, 2.45) is 11.7 Å². The first kappa shape index (κ1) is 16.3. The highest BCUT2D eigenvalue weighted by atomic mass is 32.2. The van der Waals surface area contributed by atoms with E-state index in [1.807, 2.05) is 0 Å². The molecule has 2 N–H and O–H groups in total. The number of nitrogens with two attached hydrogens (primary N) is 1. The molecule has 0 spiro atoms. The topological polar surface area (TPSA) is 63.4 Å². The van der Waals surface area contributed by atoms with Crippen LogP contribution in [0, 0.1) is 5.92 Å². The Balaban J connectivity index is 2.19. The van der Waals surface area contributed by atoms with Crippen molar-refractivity contribution in [2.45, 2.75) is 30.5 Å². The lowest BCUT2D eigenvalue weighted by Gasteiger charge is -2.32. The van der Waals surface area contributed by atoms with Crippen LogP contribution >= 0.6 is 0 Å². The number of sulfonamides is 1. The first-order valence-corrected chi connectivity index (χ1v) is 8.05. The van der Waals surface area contributed by atoms with Crippen molar-refractivity contribution in [3.63, 3.8) is 0 Å². The summed E-state index contributed by atoms with van der Waals surface area (Å²) in [7, 11) is -3.79. The highest BCUT2D eigenvalue weighted by Gasteiger charge is 2.43. The van der Waals surface area contributed by atoms with E-state index in [0.717, 1.165) is 4.31 Å². The van der Waals surface area contributed by atoms with Gasteiger partial charge in [0.1, 0.15) is 0 Å². The van der Waals surface area contributed by atoms with E-state index in [4.69, 9.17) is 5.73 Å². The molecule has 1 fully saturated rings. The van der Waals surface area contributed by atoms with E-state index in [9.17, 15) is 21.6 Å². The van der Waals surface area contributed by atoms with Crippen LogP contribution in [0.2, 0.25) is 0 Å². The average molecular weight is 322 g/mol. The quantitative estimate of drug-likeness (QED) is 0.927. The molecule has 0 saturated carbocycles. The van der Waals surface area contributed by atoms with Gasteiger partial charge in [-0.2, -0.15) is 17.5 Å². The minimum Gasteiger partial charge on any atom is -0.326 e. The number of rotatable bonds is 3. The van der Waals surface area contributed by atoms with E-state index >= 15 is 0 Å². The fourth-order valence-corrected chi connectivity index (χ4v) is 4.19. The summed E-state index contributed by atoms with van der Waals surface area (Å²) >= 11 is 0. The monoisotopic (exact) mass is 322 g/mol. The van der Waals surface area contributed by atoms with Crippen LogP contribution in [0.4, 0.5) is 13.2 Å². The Morgan fingerprint density at radius 3 is 2.29 bits per heavy atom. The molecule has 1 saturated heterocycles. The lowest BCUT2D eigenvalue weighted by atomic mass is 9.98. The van der Waals surface area contributed by atoms with E-state index < -0.39 is 22.1 Å². The summed E-state index contributed by atoms with van der Waals surface area (Å²) in [6, 6.07) is 6.30. The SMILES string of the molecule is NCc1ccccc1S(=O)(=O)N1CCC(C(F)(F)F)CC1. The molecule has 1 aliphatic heterocycles. The molecule has 0 bridgehead atoms. The van der Waals surface area contributed by atoms with Gasteiger partial charge in [0.2, 0.25) is 10.0 Å². The molecule has 2 rings (SSSR count). The zero-order valence-electron chi connectivity index (χ0n) is 11.3. The number of halogens is 3. The molecule has 0 atom stereocenters. The molecule has 0 radical (unpaired) electrons. The van der Waals surface area contributed by atoms with Crippen molar-refractivity contribution < 1.29 is 21.6 Å². The average Bonchev–Trinajstić information content (AvgIpc) is 2.46. The van der Waals surface area contributed by atoms with Crippen LogP contribution in [0.25, 0.3) is 0 Å². The number of piperidine rings is 1. The largest absolute Gasteiger partial charge is 0.391 e. The Kier molecular flexibility index (Phi) is 4.60. The number of hydrogen-bond donors (Lipinski definition) is 1. The molecular formula is C13H17F3N2O2S. The van der Waals surface area contributed by atoms with Gasteiger partial charge < -0.3 is 5.73 Å². The van der Waals surface area contributed by atoms with Crippen molar-refractivity contribution in [3.05, 3.63) is 29.8 Å². The van der Waals surface area contributed by atoms with Gasteiger partial charge in [0.15, 0.2) is 0 Å². The van der Waals surface area contributed by atoms with Crippen LogP contribution in [-0.2, 0) is 16.6 Å². The molecule has 1 aromatic rings. The molecule has 4 nitrogen and oxygen atoms in total. The minimum atomic E-state index is -4.26. The molecule has 0 amide bonds. The van der Waals surface area contributed by atoms with Crippen molar-refractivity contribution in [1.29, 1.82) is 0 Å². The fraction of sp³-hybridized carbons (Fsp3) is 0.538. The van der Waals surface area contributed by atoms with Gasteiger partial charge in [0.05, 0.1) is 10.8 Å². The minimum absolute atomic E-state index is 0.0639. The second-order valence-corrected chi connectivity index (χ2v) is 6.94. The summed E-state index contributed by atoms with van der Waals surface area (Å²) in [5, 5.41) is 0. The predicted molar refractivity (Wildman–Crippen MR) is 71.9 cm³/mol. The second kappa shape index (κ2) is 5.94. The van der Waals surface area contributed by atoms with Crippen molar-refractivity contribution in [1.82, 2.24) is 4.31 Å². The standard InChI is InChI=1S/C13H17F3N2O2S/c14-13(15,16)11-5-7-18(8-6-11)21(19,20)12-4-2-1-3-10(12)9-17/h1-4,11H,5-9,17H2. The van der Waals surface area contributed by atoms with E-state index in [1.54, 1.807) is 18.2 Å². The van der Waals surface area contributed by atoms with Gasteiger partial charge in [-0.1, -0.05) is 18.2 Å². The van der Waals surface area contributed by atoms with Crippen LogP contribution < -0.4 is 5.73 Å². The second-order valence-electron chi connectivity index (χ2n) is 5.03. The molecule has 21 heavy (non-hydrogen) atoms. The van der Waals surface area contributed by atoms with Gasteiger partial charge in [-0.15, -0.1) is 0 Å². The van der Waals surface area contributed by atoms with Gasteiger partial charge >= 0.3 is 6.18 Å². The van der Waals surface area contributed by atoms with E-state index in [-0.39, 0.29) is 37.4 Å². The van der Waals surface area contributed by atoms with Gasteiger partial charge in [-0.25, -0.2) is 8.42 Å². The van der Waals surface area contributed by atoms with E-state index in [1.165, 1.54) is 6.07 Å².